The zero-order valence-electron chi connectivity index (χ0n) is 4.82. The Morgan fingerprint density at radius 1 is 1.55 bits per heavy atom. The Morgan fingerprint density at radius 2 is 2.27 bits per heavy atom. The van der Waals surface area contributed by atoms with Gasteiger partial charge < -0.3 is 3.07 Å². The summed E-state index contributed by atoms with van der Waals surface area (Å²) >= 11 is 1.50. The molecule has 0 unspecified atom stereocenters. The van der Waals surface area contributed by atoms with Gasteiger partial charge in [0, 0.05) is 12.4 Å². The Bertz CT molecular complexity index is 231. The van der Waals surface area contributed by atoms with Gasteiger partial charge in [0.05, 0.1) is 6.20 Å². The standard InChI is InChI=1S/C5H3IN2O2.Ca.2H/c6-10-5(9)4-3-7-1-2-8-4;;;/h1-3H;;;. The van der Waals surface area contributed by atoms with Crippen LogP contribution in [0.4, 0.5) is 0 Å². The van der Waals surface area contributed by atoms with Gasteiger partial charge in [-0.1, -0.05) is 0 Å². The Hall–Kier alpha value is 0.540. The van der Waals surface area contributed by atoms with Crippen molar-refractivity contribution in [2.45, 2.75) is 0 Å². The second-order valence-electron chi connectivity index (χ2n) is 1.46. The zero-order valence-corrected chi connectivity index (χ0v) is 6.98. The van der Waals surface area contributed by atoms with Gasteiger partial charge in [-0.25, -0.2) is 9.78 Å². The van der Waals surface area contributed by atoms with Gasteiger partial charge in [-0.3, -0.25) is 4.98 Å². The summed E-state index contributed by atoms with van der Waals surface area (Å²) in [5, 5.41) is 0. The molecule has 0 aliphatic carbocycles. The van der Waals surface area contributed by atoms with Crippen molar-refractivity contribution in [3.63, 3.8) is 0 Å². The monoisotopic (exact) mass is 292 g/mol. The summed E-state index contributed by atoms with van der Waals surface area (Å²) in [5.41, 5.74) is 0.219. The van der Waals surface area contributed by atoms with Crippen LogP contribution in [0.5, 0.6) is 0 Å². The molecule has 0 aliphatic heterocycles. The van der Waals surface area contributed by atoms with Crippen LogP contribution in [0.3, 0.4) is 0 Å². The third kappa shape index (κ3) is 3.64. The van der Waals surface area contributed by atoms with Crippen LogP contribution >= 0.6 is 23.0 Å². The molecule has 1 heterocycles. The summed E-state index contributed by atoms with van der Waals surface area (Å²) in [6.45, 7) is 0. The van der Waals surface area contributed by atoms with E-state index in [1.54, 1.807) is 0 Å². The van der Waals surface area contributed by atoms with Crippen molar-refractivity contribution in [3.05, 3.63) is 24.3 Å². The molecule has 56 valence electrons. The molecule has 0 bridgehead atoms. The van der Waals surface area contributed by atoms with Crippen LogP contribution in [-0.2, 0) is 3.07 Å². The second-order valence-corrected chi connectivity index (χ2v) is 1.90. The number of rotatable bonds is 1. The summed E-state index contributed by atoms with van der Waals surface area (Å²) in [5.74, 6) is -0.478. The van der Waals surface area contributed by atoms with E-state index in [2.05, 4.69) is 13.0 Å². The molecule has 0 saturated heterocycles. The van der Waals surface area contributed by atoms with E-state index in [4.69, 9.17) is 0 Å². The summed E-state index contributed by atoms with van der Waals surface area (Å²) < 4.78 is 4.36. The van der Waals surface area contributed by atoms with E-state index >= 15 is 0 Å². The first-order chi connectivity index (χ1) is 4.84. The molecule has 0 N–H and O–H groups in total. The average molecular weight is 292 g/mol. The first-order valence-corrected chi connectivity index (χ1v) is 3.31. The summed E-state index contributed by atoms with van der Waals surface area (Å²) in [7, 11) is 0. The van der Waals surface area contributed by atoms with Crippen LogP contribution in [0.1, 0.15) is 10.5 Å². The molecule has 1 aromatic heterocycles. The number of aromatic nitrogens is 2. The third-order valence-electron chi connectivity index (χ3n) is 0.842. The number of halogens is 1. The molecule has 11 heavy (non-hydrogen) atoms. The van der Waals surface area contributed by atoms with Crippen LogP contribution in [0.2, 0.25) is 0 Å². The van der Waals surface area contributed by atoms with Crippen molar-refractivity contribution in [2.75, 3.05) is 0 Å². The van der Waals surface area contributed by atoms with E-state index in [1.807, 2.05) is 0 Å². The minimum absolute atomic E-state index is 0. The van der Waals surface area contributed by atoms with Crippen LogP contribution in [0.25, 0.3) is 0 Å². The van der Waals surface area contributed by atoms with E-state index in [0.717, 1.165) is 0 Å². The number of hydrogen-bond donors (Lipinski definition) is 0. The molecule has 6 heteroatoms. The van der Waals surface area contributed by atoms with Crippen molar-refractivity contribution in [3.8, 4) is 0 Å². The zero-order chi connectivity index (χ0) is 7.40. The Kier molecular flexibility index (Phi) is 6.40. The van der Waals surface area contributed by atoms with Crippen molar-refractivity contribution >= 4 is 66.7 Å². The fraction of sp³-hybridized carbons (Fsp3) is 0. The molecule has 0 atom stereocenters. The topological polar surface area (TPSA) is 52.1 Å². The van der Waals surface area contributed by atoms with Gasteiger partial charge in [0.2, 0.25) is 0 Å². The normalized spacial score (nSPS) is 8.09. The molecule has 1 rings (SSSR count). The van der Waals surface area contributed by atoms with Crippen LogP contribution in [-0.4, -0.2) is 53.7 Å². The molecule has 0 spiro atoms. The molecule has 0 saturated carbocycles. The number of hydrogen-bond acceptors (Lipinski definition) is 4. The van der Waals surface area contributed by atoms with Crippen molar-refractivity contribution in [1.82, 2.24) is 9.97 Å². The van der Waals surface area contributed by atoms with Crippen LogP contribution < -0.4 is 0 Å². The van der Waals surface area contributed by atoms with Crippen LogP contribution in [0, 0.1) is 0 Å². The van der Waals surface area contributed by atoms with Crippen molar-refractivity contribution in [2.24, 2.45) is 0 Å². The third-order valence-corrected chi connectivity index (χ3v) is 1.24. The van der Waals surface area contributed by atoms with E-state index < -0.39 is 5.97 Å². The van der Waals surface area contributed by atoms with E-state index in [9.17, 15) is 4.79 Å². The average Bonchev–Trinajstić information content (AvgIpc) is 2.05. The maximum absolute atomic E-state index is 10.7. The molecule has 0 aliphatic rings. The molecular formula is C5H5CaIN2O2. The van der Waals surface area contributed by atoms with Gasteiger partial charge in [0.1, 0.15) is 0 Å². The van der Waals surface area contributed by atoms with Crippen molar-refractivity contribution in [1.29, 1.82) is 0 Å². The summed E-state index contributed by atoms with van der Waals surface area (Å²) in [4.78, 5) is 18.1. The van der Waals surface area contributed by atoms with Crippen LogP contribution in [0.15, 0.2) is 18.6 Å². The van der Waals surface area contributed by atoms with E-state index in [-0.39, 0.29) is 43.4 Å². The maximum atomic E-state index is 10.7. The minimum atomic E-state index is -0.478. The summed E-state index contributed by atoms with van der Waals surface area (Å²) in [6.07, 6.45) is 4.27. The quantitative estimate of drug-likeness (QED) is 0.543. The Morgan fingerprint density at radius 3 is 2.73 bits per heavy atom. The molecule has 0 amide bonds. The number of carbonyl (C=O) groups excluding carboxylic acids is 1. The first-order valence-electron chi connectivity index (χ1n) is 2.43. The molecular weight excluding hydrogens is 287 g/mol. The molecule has 4 nitrogen and oxygen atoms in total. The predicted molar refractivity (Wildman–Crippen MR) is 50.0 cm³/mol. The Labute approximate surface area is 107 Å². The predicted octanol–water partition coefficient (Wildman–Crippen LogP) is 0.0672. The molecule has 0 radical (unpaired) electrons. The van der Waals surface area contributed by atoms with Gasteiger partial charge in [0.25, 0.3) is 0 Å². The van der Waals surface area contributed by atoms with Gasteiger partial charge >= 0.3 is 43.7 Å². The molecule has 0 fully saturated rings. The SMILES string of the molecule is O=C(OI)c1cnccn1.[CaH2]. The van der Waals surface area contributed by atoms with E-state index in [0.29, 0.717) is 0 Å². The molecule has 1 aromatic rings. The van der Waals surface area contributed by atoms with Gasteiger partial charge in [-0.05, 0) is 0 Å². The fourth-order valence-corrected chi connectivity index (χ4v) is 0.670. The van der Waals surface area contributed by atoms with E-state index in [1.165, 1.54) is 41.6 Å². The Balaban J connectivity index is 0.000001000. The van der Waals surface area contributed by atoms with Gasteiger partial charge in [-0.2, -0.15) is 0 Å². The fourth-order valence-electron chi connectivity index (χ4n) is 0.444. The first kappa shape index (κ1) is 11.5. The molecule has 0 aromatic carbocycles. The van der Waals surface area contributed by atoms with Crippen molar-refractivity contribution < 1.29 is 7.86 Å². The van der Waals surface area contributed by atoms with Gasteiger partial charge in [0.15, 0.2) is 28.7 Å². The second kappa shape index (κ2) is 6.10. The van der Waals surface area contributed by atoms with Gasteiger partial charge in [-0.15, -0.1) is 0 Å². The number of nitrogens with zero attached hydrogens (tertiary/aromatic N) is 2. The number of carbonyl (C=O) groups is 1. The summed E-state index contributed by atoms with van der Waals surface area (Å²) in [6, 6.07) is 0.